The summed E-state index contributed by atoms with van der Waals surface area (Å²) < 4.78 is 1.87. The molecule has 0 aromatic carbocycles. The topological polar surface area (TPSA) is 17.3 Å². The fourth-order valence-corrected chi connectivity index (χ4v) is 1.02. The lowest BCUT2D eigenvalue weighted by molar-refractivity contribution is 0.905. The largest absolute Gasteiger partial charge is 0.241 e. The van der Waals surface area contributed by atoms with E-state index >= 15 is 0 Å². The molecule has 0 spiro atoms. The molecule has 0 radical (unpaired) electrons. The van der Waals surface area contributed by atoms with E-state index in [0.717, 1.165) is 11.2 Å². The molecule has 0 atom stereocenters. The van der Waals surface area contributed by atoms with Gasteiger partial charge in [0.05, 0.1) is 11.2 Å². The van der Waals surface area contributed by atoms with Crippen molar-refractivity contribution in [2.24, 2.45) is 0 Å². The number of hydrogen-bond acceptors (Lipinski definition) is 1. The van der Waals surface area contributed by atoms with Crippen molar-refractivity contribution in [2.75, 3.05) is 0 Å². The van der Waals surface area contributed by atoms with Gasteiger partial charge < -0.3 is 0 Å². The quantitative estimate of drug-likeness (QED) is 0.532. The molecule has 0 saturated heterocycles. The third kappa shape index (κ3) is 0.692. The van der Waals surface area contributed by atoms with Crippen molar-refractivity contribution in [1.82, 2.24) is 9.61 Å². The van der Waals surface area contributed by atoms with Crippen LogP contribution in [0.15, 0.2) is 30.5 Å². The molecule has 0 fully saturated rings. The standard InChI is InChI=1S/C8H8N2/c1-7-4-5-8-3-2-6-10(8)9-7/h2-6H,1H3. The Morgan fingerprint density at radius 1 is 1.30 bits per heavy atom. The molecule has 0 aliphatic carbocycles. The molecule has 2 rings (SSSR count). The molecule has 10 heavy (non-hydrogen) atoms. The lowest BCUT2D eigenvalue weighted by atomic mass is 10.4. The highest BCUT2D eigenvalue weighted by atomic mass is 15.2. The zero-order chi connectivity index (χ0) is 6.97. The normalized spacial score (nSPS) is 10.5. The van der Waals surface area contributed by atoms with E-state index in [9.17, 15) is 0 Å². The summed E-state index contributed by atoms with van der Waals surface area (Å²) in [5.41, 5.74) is 2.19. The Labute approximate surface area is 59.1 Å². The van der Waals surface area contributed by atoms with Gasteiger partial charge in [-0.1, -0.05) is 0 Å². The van der Waals surface area contributed by atoms with Crippen LogP contribution in [0.4, 0.5) is 0 Å². The van der Waals surface area contributed by atoms with Crippen LogP contribution in [0.5, 0.6) is 0 Å². The number of nitrogens with zero attached hydrogens (tertiary/aromatic N) is 2. The number of aromatic nitrogens is 2. The number of fused-ring (bicyclic) bond motifs is 1. The van der Waals surface area contributed by atoms with Gasteiger partial charge in [0.1, 0.15) is 0 Å². The average Bonchev–Trinajstić information content (AvgIpc) is 2.33. The lowest BCUT2D eigenvalue weighted by Crippen LogP contribution is -1.90. The van der Waals surface area contributed by atoms with Gasteiger partial charge in [0.25, 0.3) is 0 Å². The van der Waals surface area contributed by atoms with E-state index in [1.54, 1.807) is 0 Å². The Bertz CT molecular complexity index is 349. The Kier molecular flexibility index (Phi) is 1.01. The zero-order valence-corrected chi connectivity index (χ0v) is 5.78. The molecule has 0 N–H and O–H groups in total. The Hall–Kier alpha value is -1.31. The second-order valence-electron chi connectivity index (χ2n) is 2.35. The summed E-state index contributed by atoms with van der Waals surface area (Å²) in [7, 11) is 0. The van der Waals surface area contributed by atoms with Crippen LogP contribution in [0, 0.1) is 6.92 Å². The van der Waals surface area contributed by atoms with E-state index in [1.807, 2.05) is 35.8 Å². The second-order valence-corrected chi connectivity index (χ2v) is 2.35. The molecule has 2 aromatic rings. The van der Waals surface area contributed by atoms with Gasteiger partial charge in [0, 0.05) is 6.20 Å². The molecule has 0 unspecified atom stereocenters. The van der Waals surface area contributed by atoms with E-state index in [0.29, 0.717) is 0 Å². The van der Waals surface area contributed by atoms with E-state index in [-0.39, 0.29) is 0 Å². The van der Waals surface area contributed by atoms with Crippen LogP contribution in [0.1, 0.15) is 5.69 Å². The van der Waals surface area contributed by atoms with Gasteiger partial charge in [0.15, 0.2) is 0 Å². The minimum Gasteiger partial charge on any atom is -0.241 e. The highest BCUT2D eigenvalue weighted by Crippen LogP contribution is 2.01. The minimum atomic E-state index is 1.05. The van der Waals surface area contributed by atoms with E-state index in [2.05, 4.69) is 11.2 Å². The van der Waals surface area contributed by atoms with Crippen molar-refractivity contribution in [3.8, 4) is 0 Å². The third-order valence-electron chi connectivity index (χ3n) is 1.52. The van der Waals surface area contributed by atoms with Crippen LogP contribution in [-0.2, 0) is 0 Å². The summed E-state index contributed by atoms with van der Waals surface area (Å²) in [6.07, 6.45) is 1.95. The zero-order valence-electron chi connectivity index (χ0n) is 5.78. The van der Waals surface area contributed by atoms with Gasteiger partial charge in [0.2, 0.25) is 0 Å². The summed E-state index contributed by atoms with van der Waals surface area (Å²) in [5, 5.41) is 4.25. The maximum Gasteiger partial charge on any atom is 0.0646 e. The minimum absolute atomic E-state index is 1.05. The Morgan fingerprint density at radius 3 is 3.10 bits per heavy atom. The van der Waals surface area contributed by atoms with Crippen LogP contribution >= 0.6 is 0 Å². The first-order valence-corrected chi connectivity index (χ1v) is 3.27. The van der Waals surface area contributed by atoms with Crippen LogP contribution in [0.25, 0.3) is 5.52 Å². The van der Waals surface area contributed by atoms with Gasteiger partial charge in [-0.3, -0.25) is 0 Å². The average molecular weight is 132 g/mol. The smallest absolute Gasteiger partial charge is 0.0646 e. The number of hydrogen-bond donors (Lipinski definition) is 0. The molecule has 0 amide bonds. The molecule has 0 saturated carbocycles. The summed E-state index contributed by atoms with van der Waals surface area (Å²) in [4.78, 5) is 0. The molecule has 2 heteroatoms. The highest BCUT2D eigenvalue weighted by Gasteiger charge is 1.90. The van der Waals surface area contributed by atoms with Crippen molar-refractivity contribution in [2.45, 2.75) is 6.92 Å². The first kappa shape index (κ1) is 5.47. The van der Waals surface area contributed by atoms with Crippen molar-refractivity contribution in [1.29, 1.82) is 0 Å². The van der Waals surface area contributed by atoms with Gasteiger partial charge in [-0.15, -0.1) is 0 Å². The van der Waals surface area contributed by atoms with Gasteiger partial charge in [-0.25, -0.2) is 4.52 Å². The summed E-state index contributed by atoms with van der Waals surface area (Å²) in [6.45, 7) is 1.99. The number of aryl methyl sites for hydroxylation is 1. The molecule has 2 aromatic heterocycles. The molecule has 0 bridgehead atoms. The van der Waals surface area contributed by atoms with Crippen molar-refractivity contribution >= 4 is 5.52 Å². The van der Waals surface area contributed by atoms with Crippen LogP contribution in [0.2, 0.25) is 0 Å². The Balaban J connectivity index is 2.86. The van der Waals surface area contributed by atoms with Gasteiger partial charge >= 0.3 is 0 Å². The fraction of sp³-hybridized carbons (Fsp3) is 0.125. The molecule has 50 valence electrons. The van der Waals surface area contributed by atoms with Crippen LogP contribution in [-0.4, -0.2) is 9.61 Å². The maximum atomic E-state index is 4.25. The van der Waals surface area contributed by atoms with Crippen molar-refractivity contribution in [3.63, 3.8) is 0 Å². The number of rotatable bonds is 0. The van der Waals surface area contributed by atoms with E-state index < -0.39 is 0 Å². The predicted molar refractivity (Wildman–Crippen MR) is 39.9 cm³/mol. The molecule has 0 aliphatic heterocycles. The summed E-state index contributed by atoms with van der Waals surface area (Å²) >= 11 is 0. The first-order valence-electron chi connectivity index (χ1n) is 3.27. The predicted octanol–water partition coefficient (Wildman–Crippen LogP) is 1.64. The molecule has 2 nitrogen and oxygen atoms in total. The highest BCUT2D eigenvalue weighted by molar-refractivity contribution is 5.45. The van der Waals surface area contributed by atoms with E-state index in [1.165, 1.54) is 0 Å². The van der Waals surface area contributed by atoms with Gasteiger partial charge in [-0.2, -0.15) is 5.10 Å². The third-order valence-corrected chi connectivity index (χ3v) is 1.52. The SMILES string of the molecule is Cc1ccc2cccn2n1. The maximum absolute atomic E-state index is 4.25. The summed E-state index contributed by atoms with van der Waals surface area (Å²) in [5.74, 6) is 0. The molecule has 0 aliphatic rings. The van der Waals surface area contributed by atoms with Crippen LogP contribution in [0.3, 0.4) is 0 Å². The monoisotopic (exact) mass is 132 g/mol. The van der Waals surface area contributed by atoms with Crippen molar-refractivity contribution < 1.29 is 0 Å². The first-order chi connectivity index (χ1) is 4.86. The fourth-order valence-electron chi connectivity index (χ4n) is 1.02. The van der Waals surface area contributed by atoms with E-state index in [4.69, 9.17) is 0 Å². The Morgan fingerprint density at radius 2 is 2.20 bits per heavy atom. The van der Waals surface area contributed by atoms with Gasteiger partial charge in [-0.05, 0) is 31.2 Å². The molecule has 2 heterocycles. The molecular weight excluding hydrogens is 124 g/mol. The van der Waals surface area contributed by atoms with Crippen molar-refractivity contribution in [3.05, 3.63) is 36.2 Å². The molecular formula is C8H8N2. The lowest BCUT2D eigenvalue weighted by Gasteiger charge is -1.93. The van der Waals surface area contributed by atoms with Crippen LogP contribution < -0.4 is 0 Å². The second kappa shape index (κ2) is 1.84. The summed E-state index contributed by atoms with van der Waals surface area (Å²) in [6, 6.07) is 8.09.